The number of thiophene rings is 1. The van der Waals surface area contributed by atoms with Crippen LogP contribution in [0.25, 0.3) is 0 Å². The molecule has 2 heterocycles. The molecule has 0 radical (unpaired) electrons. The first-order chi connectivity index (χ1) is 10.7. The molecular formula is C14H12N6OS. The van der Waals surface area contributed by atoms with Crippen molar-refractivity contribution in [3.63, 3.8) is 0 Å². The lowest BCUT2D eigenvalue weighted by Gasteiger charge is -2.09. The highest BCUT2D eigenvalue weighted by Crippen LogP contribution is 2.37. The van der Waals surface area contributed by atoms with Crippen LogP contribution in [-0.4, -0.2) is 20.7 Å². The van der Waals surface area contributed by atoms with Crippen LogP contribution >= 0.6 is 11.3 Å². The highest BCUT2D eigenvalue weighted by atomic mass is 32.1. The van der Waals surface area contributed by atoms with Gasteiger partial charge < -0.3 is 5.32 Å². The predicted octanol–water partition coefficient (Wildman–Crippen LogP) is 1.60. The van der Waals surface area contributed by atoms with Crippen molar-refractivity contribution in [3.05, 3.63) is 28.2 Å². The Kier molecular flexibility index (Phi) is 3.86. The maximum absolute atomic E-state index is 12.1. The molecule has 1 aliphatic carbocycles. The van der Waals surface area contributed by atoms with Gasteiger partial charge in [-0.05, 0) is 31.2 Å². The third-order valence-electron chi connectivity index (χ3n) is 3.48. The minimum Gasteiger partial charge on any atom is -0.315 e. The molecule has 1 N–H and O–H groups in total. The molecule has 1 amide bonds. The molecule has 0 bridgehead atoms. The average molecular weight is 312 g/mol. The van der Waals surface area contributed by atoms with Gasteiger partial charge in [0, 0.05) is 4.88 Å². The van der Waals surface area contributed by atoms with Crippen LogP contribution in [0, 0.1) is 22.7 Å². The number of aryl methyl sites for hydroxylation is 1. The fourth-order valence-corrected chi connectivity index (χ4v) is 3.76. The Hall–Kier alpha value is -2.71. The number of anilines is 1. The molecule has 2 aromatic heterocycles. The predicted molar refractivity (Wildman–Crippen MR) is 79.0 cm³/mol. The zero-order valence-corrected chi connectivity index (χ0v) is 12.5. The maximum Gasteiger partial charge on any atom is 0.252 e. The molecular weight excluding hydrogens is 300 g/mol. The Balaban J connectivity index is 1.75. The van der Waals surface area contributed by atoms with Gasteiger partial charge in [0.05, 0.1) is 5.56 Å². The zero-order chi connectivity index (χ0) is 15.5. The van der Waals surface area contributed by atoms with E-state index in [1.165, 1.54) is 27.2 Å². The van der Waals surface area contributed by atoms with Gasteiger partial charge in [-0.2, -0.15) is 10.5 Å². The van der Waals surface area contributed by atoms with E-state index in [4.69, 9.17) is 5.26 Å². The number of nitriles is 2. The van der Waals surface area contributed by atoms with Gasteiger partial charge >= 0.3 is 0 Å². The van der Waals surface area contributed by atoms with E-state index in [-0.39, 0.29) is 18.3 Å². The van der Waals surface area contributed by atoms with Crippen molar-refractivity contribution in [2.45, 2.75) is 32.2 Å². The molecule has 0 saturated heterocycles. The smallest absolute Gasteiger partial charge is 0.252 e. The Morgan fingerprint density at radius 2 is 2.18 bits per heavy atom. The van der Waals surface area contributed by atoms with Crippen molar-refractivity contribution >= 4 is 22.2 Å². The second kappa shape index (κ2) is 5.96. The molecule has 1 aliphatic rings. The van der Waals surface area contributed by atoms with E-state index in [1.54, 1.807) is 6.07 Å². The minimum absolute atomic E-state index is 0.0251. The van der Waals surface area contributed by atoms with Gasteiger partial charge in [0.2, 0.25) is 5.91 Å². The van der Waals surface area contributed by atoms with E-state index >= 15 is 0 Å². The van der Waals surface area contributed by atoms with E-state index in [2.05, 4.69) is 21.5 Å². The number of rotatable bonds is 3. The number of carbonyl (C=O) groups is 1. The van der Waals surface area contributed by atoms with Gasteiger partial charge in [-0.1, -0.05) is 0 Å². The molecule has 0 saturated carbocycles. The van der Waals surface area contributed by atoms with Crippen molar-refractivity contribution in [2.24, 2.45) is 0 Å². The highest BCUT2D eigenvalue weighted by molar-refractivity contribution is 7.16. The number of nitrogens with one attached hydrogen (secondary N) is 1. The molecule has 0 atom stereocenters. The van der Waals surface area contributed by atoms with Gasteiger partial charge in [0.1, 0.15) is 30.0 Å². The average Bonchev–Trinajstić information content (AvgIpc) is 3.10. The summed E-state index contributed by atoms with van der Waals surface area (Å²) in [6.45, 7) is -0.0396. The van der Waals surface area contributed by atoms with E-state index in [0.29, 0.717) is 10.6 Å². The first kappa shape index (κ1) is 14.2. The Labute approximate surface area is 130 Å². The molecule has 0 fully saturated rings. The Morgan fingerprint density at radius 1 is 1.36 bits per heavy atom. The van der Waals surface area contributed by atoms with Crippen LogP contribution in [0.5, 0.6) is 0 Å². The lowest BCUT2D eigenvalue weighted by atomic mass is 9.96. The topological polar surface area (TPSA) is 107 Å². The summed E-state index contributed by atoms with van der Waals surface area (Å²) in [6, 6.07) is 4.01. The van der Waals surface area contributed by atoms with E-state index < -0.39 is 0 Å². The van der Waals surface area contributed by atoms with Crippen LogP contribution in [0.4, 0.5) is 5.00 Å². The number of hydrogen-bond donors (Lipinski definition) is 1. The molecule has 0 unspecified atom stereocenters. The van der Waals surface area contributed by atoms with Crippen molar-refractivity contribution in [3.8, 4) is 12.1 Å². The van der Waals surface area contributed by atoms with Crippen molar-refractivity contribution in [2.75, 3.05) is 5.32 Å². The first-order valence-corrected chi connectivity index (χ1v) is 7.67. The van der Waals surface area contributed by atoms with Crippen molar-refractivity contribution < 1.29 is 4.79 Å². The summed E-state index contributed by atoms with van der Waals surface area (Å²) >= 11 is 1.48. The van der Waals surface area contributed by atoms with Crippen LogP contribution < -0.4 is 5.32 Å². The van der Waals surface area contributed by atoms with Crippen LogP contribution in [0.3, 0.4) is 0 Å². The van der Waals surface area contributed by atoms with Crippen LogP contribution in [0.2, 0.25) is 0 Å². The van der Waals surface area contributed by atoms with E-state index in [9.17, 15) is 10.1 Å². The summed E-state index contributed by atoms with van der Waals surface area (Å²) in [4.78, 5) is 17.0. The molecule has 8 heteroatoms. The molecule has 0 spiro atoms. The Morgan fingerprint density at radius 3 is 2.91 bits per heavy atom. The molecule has 2 aromatic rings. The van der Waals surface area contributed by atoms with E-state index in [1.807, 2.05) is 0 Å². The number of nitrogens with zero attached hydrogens (tertiary/aromatic N) is 5. The standard InChI is InChI=1S/C14H12N6OS/c15-5-10-9-3-1-2-4-11(9)22-14(10)18-13(21)7-20-8-17-12(6-16)19-20/h8H,1-4,7H2,(H,18,21). The van der Waals surface area contributed by atoms with E-state index in [0.717, 1.165) is 31.2 Å². The summed E-state index contributed by atoms with van der Waals surface area (Å²) in [6.07, 6.45) is 5.42. The third-order valence-corrected chi connectivity index (χ3v) is 4.69. The molecule has 0 aromatic carbocycles. The SMILES string of the molecule is N#Cc1ncn(CC(=O)Nc2sc3c(c2C#N)CCCC3)n1. The second-order valence-electron chi connectivity index (χ2n) is 4.95. The molecule has 22 heavy (non-hydrogen) atoms. The fraction of sp³-hybridized carbons (Fsp3) is 0.357. The highest BCUT2D eigenvalue weighted by Gasteiger charge is 2.21. The monoisotopic (exact) mass is 312 g/mol. The molecule has 7 nitrogen and oxygen atoms in total. The minimum atomic E-state index is -0.288. The summed E-state index contributed by atoms with van der Waals surface area (Å²) in [5.74, 6) is -0.262. The van der Waals surface area contributed by atoms with Crippen molar-refractivity contribution in [1.82, 2.24) is 14.8 Å². The third kappa shape index (κ3) is 2.69. The summed E-state index contributed by atoms with van der Waals surface area (Å²) in [5.41, 5.74) is 1.67. The van der Waals surface area contributed by atoms with Crippen LogP contribution in [0.1, 0.15) is 34.7 Å². The number of aromatic nitrogens is 3. The number of carbonyl (C=O) groups excluding carboxylic acids is 1. The summed E-state index contributed by atoms with van der Waals surface area (Å²) < 4.78 is 1.30. The molecule has 0 aliphatic heterocycles. The number of fused-ring (bicyclic) bond motifs is 1. The first-order valence-electron chi connectivity index (χ1n) is 6.85. The zero-order valence-electron chi connectivity index (χ0n) is 11.7. The van der Waals surface area contributed by atoms with Crippen LogP contribution in [0.15, 0.2) is 6.33 Å². The maximum atomic E-state index is 12.1. The Bertz CT molecular complexity index is 806. The largest absolute Gasteiger partial charge is 0.315 e. The normalized spacial score (nSPS) is 13.0. The van der Waals surface area contributed by atoms with Gasteiger partial charge in [0.15, 0.2) is 0 Å². The number of amides is 1. The molecule has 3 rings (SSSR count). The van der Waals surface area contributed by atoms with Gasteiger partial charge in [0.25, 0.3) is 5.82 Å². The van der Waals surface area contributed by atoms with Gasteiger partial charge in [-0.25, -0.2) is 9.67 Å². The van der Waals surface area contributed by atoms with Gasteiger partial charge in [-0.3, -0.25) is 4.79 Å². The second-order valence-corrected chi connectivity index (χ2v) is 6.06. The lowest BCUT2D eigenvalue weighted by molar-refractivity contribution is -0.116. The van der Waals surface area contributed by atoms with Gasteiger partial charge in [-0.15, -0.1) is 16.4 Å². The number of hydrogen-bond acceptors (Lipinski definition) is 6. The lowest BCUT2D eigenvalue weighted by Crippen LogP contribution is -2.19. The summed E-state index contributed by atoms with van der Waals surface area (Å²) in [7, 11) is 0. The molecule has 110 valence electrons. The fourth-order valence-electron chi connectivity index (χ4n) is 2.51. The van der Waals surface area contributed by atoms with Crippen molar-refractivity contribution in [1.29, 1.82) is 10.5 Å². The quantitative estimate of drug-likeness (QED) is 0.926. The summed E-state index contributed by atoms with van der Waals surface area (Å²) in [5, 5.41) is 25.2. The van der Waals surface area contributed by atoms with Crippen LogP contribution in [-0.2, 0) is 24.2 Å².